The summed E-state index contributed by atoms with van der Waals surface area (Å²) in [6.07, 6.45) is 2.82. The van der Waals surface area contributed by atoms with Crippen molar-refractivity contribution in [3.8, 4) is 0 Å². The maximum atomic E-state index is 13.6. The van der Waals surface area contributed by atoms with Gasteiger partial charge in [-0.05, 0) is 37.2 Å². The van der Waals surface area contributed by atoms with Gasteiger partial charge in [0.1, 0.15) is 11.6 Å². The van der Waals surface area contributed by atoms with Crippen LogP contribution in [0.25, 0.3) is 0 Å². The summed E-state index contributed by atoms with van der Waals surface area (Å²) in [5.41, 5.74) is 4.36. The van der Waals surface area contributed by atoms with E-state index in [0.717, 1.165) is 18.9 Å². The van der Waals surface area contributed by atoms with Gasteiger partial charge in [0.2, 0.25) is 5.91 Å². The molecular formula is C14H14F2N2O2. The number of nitrogens with one attached hydrogen (secondary N) is 1. The van der Waals surface area contributed by atoms with Crippen LogP contribution < -0.4 is 11.1 Å². The van der Waals surface area contributed by atoms with Crippen LogP contribution in [0.4, 0.5) is 14.5 Å². The van der Waals surface area contributed by atoms with Crippen LogP contribution in [0.5, 0.6) is 0 Å². The molecule has 1 aromatic rings. The second-order valence-electron chi connectivity index (χ2n) is 5.59. The molecule has 3 rings (SSSR count). The number of halogens is 2. The summed E-state index contributed by atoms with van der Waals surface area (Å²) in [4.78, 5) is 23.0. The summed E-state index contributed by atoms with van der Waals surface area (Å²) in [6, 6.07) is 1.50. The lowest BCUT2D eigenvalue weighted by molar-refractivity contribution is -0.120. The predicted molar refractivity (Wildman–Crippen MR) is 67.8 cm³/mol. The summed E-state index contributed by atoms with van der Waals surface area (Å²) in [6.45, 7) is 0. The molecule has 0 radical (unpaired) electrons. The van der Waals surface area contributed by atoms with E-state index < -0.39 is 23.1 Å². The van der Waals surface area contributed by atoms with Crippen molar-refractivity contribution in [2.24, 2.45) is 23.5 Å². The van der Waals surface area contributed by atoms with Gasteiger partial charge in [-0.3, -0.25) is 9.59 Å². The number of amides is 2. The Balaban J connectivity index is 1.77. The van der Waals surface area contributed by atoms with E-state index in [1.165, 1.54) is 6.42 Å². The van der Waals surface area contributed by atoms with Crippen molar-refractivity contribution in [2.45, 2.75) is 19.3 Å². The Morgan fingerprint density at radius 2 is 1.75 bits per heavy atom. The third kappa shape index (κ3) is 2.26. The lowest BCUT2D eigenvalue weighted by atomic mass is 10.0. The molecule has 2 atom stereocenters. The average Bonchev–Trinajstić information content (AvgIpc) is 2.98. The van der Waals surface area contributed by atoms with Gasteiger partial charge >= 0.3 is 0 Å². The van der Waals surface area contributed by atoms with Gasteiger partial charge in [-0.25, -0.2) is 8.78 Å². The van der Waals surface area contributed by atoms with Crippen LogP contribution in [0.2, 0.25) is 0 Å². The molecule has 3 N–H and O–H groups in total. The fourth-order valence-corrected chi connectivity index (χ4v) is 3.00. The highest BCUT2D eigenvalue weighted by Crippen LogP contribution is 2.54. The molecule has 0 aliphatic heterocycles. The molecule has 0 bridgehead atoms. The highest BCUT2D eigenvalue weighted by atomic mass is 19.1. The lowest BCUT2D eigenvalue weighted by Gasteiger charge is -2.13. The number of carbonyl (C=O) groups excluding carboxylic acids is 2. The molecule has 1 aromatic carbocycles. The number of rotatable bonds is 3. The Kier molecular flexibility index (Phi) is 2.96. The Morgan fingerprint density at radius 3 is 2.35 bits per heavy atom. The van der Waals surface area contributed by atoms with Gasteiger partial charge in [0.25, 0.3) is 5.91 Å². The van der Waals surface area contributed by atoms with Crippen LogP contribution in [0, 0.1) is 29.4 Å². The zero-order chi connectivity index (χ0) is 14.4. The first-order valence-corrected chi connectivity index (χ1v) is 6.55. The molecule has 2 saturated carbocycles. The number of fused-ring (bicyclic) bond motifs is 1. The first kappa shape index (κ1) is 13.0. The Hall–Kier alpha value is -1.98. The van der Waals surface area contributed by atoms with Gasteiger partial charge in [0, 0.05) is 12.0 Å². The number of nitrogens with two attached hydrogens (primary N) is 1. The molecular weight excluding hydrogens is 266 g/mol. The van der Waals surface area contributed by atoms with Gasteiger partial charge in [-0.2, -0.15) is 0 Å². The van der Waals surface area contributed by atoms with Crippen molar-refractivity contribution in [3.05, 3.63) is 29.3 Å². The standard InChI is InChI=1S/C14H14F2N2O2/c15-10-5-11(16)12(4-9(10)13(17)19)18-14(20)8-2-6-1-7(6)3-8/h4-8H,1-3H2,(H2,17,19)(H,18,20). The van der Waals surface area contributed by atoms with Gasteiger partial charge < -0.3 is 11.1 Å². The third-order valence-electron chi connectivity index (χ3n) is 4.19. The van der Waals surface area contributed by atoms with E-state index in [9.17, 15) is 18.4 Å². The van der Waals surface area contributed by atoms with Crippen LogP contribution in [0.15, 0.2) is 12.1 Å². The molecule has 0 heterocycles. The number of hydrogen-bond acceptors (Lipinski definition) is 2. The van der Waals surface area contributed by atoms with Gasteiger partial charge in [-0.15, -0.1) is 0 Å². The van der Waals surface area contributed by atoms with Crippen molar-refractivity contribution in [3.63, 3.8) is 0 Å². The first-order chi connectivity index (χ1) is 9.45. The molecule has 2 aliphatic rings. The van der Waals surface area contributed by atoms with Gasteiger partial charge in [0.15, 0.2) is 0 Å². The van der Waals surface area contributed by atoms with E-state index in [1.807, 2.05) is 0 Å². The SMILES string of the molecule is NC(=O)c1cc(NC(=O)C2CC3CC3C2)c(F)cc1F. The lowest BCUT2D eigenvalue weighted by Crippen LogP contribution is -2.23. The minimum Gasteiger partial charge on any atom is -0.366 e. The Bertz CT molecular complexity index is 593. The van der Waals surface area contributed by atoms with E-state index in [2.05, 4.69) is 5.32 Å². The smallest absolute Gasteiger partial charge is 0.251 e. The molecule has 0 aromatic heterocycles. The largest absolute Gasteiger partial charge is 0.366 e. The van der Waals surface area contributed by atoms with E-state index in [1.54, 1.807) is 0 Å². The van der Waals surface area contributed by atoms with E-state index in [-0.39, 0.29) is 17.5 Å². The number of hydrogen-bond donors (Lipinski definition) is 2. The monoisotopic (exact) mass is 280 g/mol. The predicted octanol–water partition coefficient (Wildman–Crippen LogP) is 2.05. The fraction of sp³-hybridized carbons (Fsp3) is 0.429. The molecule has 2 unspecified atom stereocenters. The third-order valence-corrected chi connectivity index (χ3v) is 4.19. The molecule has 4 nitrogen and oxygen atoms in total. The van der Waals surface area contributed by atoms with Crippen molar-refractivity contribution in [2.75, 3.05) is 5.32 Å². The number of carbonyl (C=O) groups is 2. The van der Waals surface area contributed by atoms with Crippen LogP contribution >= 0.6 is 0 Å². The molecule has 2 aliphatic carbocycles. The second kappa shape index (κ2) is 4.54. The quantitative estimate of drug-likeness (QED) is 0.889. The van der Waals surface area contributed by atoms with Crippen molar-refractivity contribution in [1.29, 1.82) is 0 Å². The van der Waals surface area contributed by atoms with E-state index in [4.69, 9.17) is 5.73 Å². The van der Waals surface area contributed by atoms with Crippen molar-refractivity contribution >= 4 is 17.5 Å². The molecule has 0 saturated heterocycles. The minimum atomic E-state index is -1.03. The highest BCUT2D eigenvalue weighted by molar-refractivity contribution is 5.97. The fourth-order valence-electron chi connectivity index (χ4n) is 3.00. The summed E-state index contributed by atoms with van der Waals surface area (Å²) in [5, 5.41) is 2.43. The average molecular weight is 280 g/mol. The molecule has 2 fully saturated rings. The van der Waals surface area contributed by atoms with Crippen LogP contribution in [-0.2, 0) is 4.79 Å². The molecule has 2 amide bonds. The molecule has 20 heavy (non-hydrogen) atoms. The summed E-state index contributed by atoms with van der Waals surface area (Å²) >= 11 is 0. The maximum Gasteiger partial charge on any atom is 0.251 e. The molecule has 6 heteroatoms. The van der Waals surface area contributed by atoms with E-state index in [0.29, 0.717) is 17.9 Å². The molecule has 106 valence electrons. The minimum absolute atomic E-state index is 0.125. The Labute approximate surface area is 114 Å². The molecule has 0 spiro atoms. The van der Waals surface area contributed by atoms with Crippen molar-refractivity contribution in [1.82, 2.24) is 0 Å². The maximum absolute atomic E-state index is 13.6. The number of benzene rings is 1. The van der Waals surface area contributed by atoms with Crippen molar-refractivity contribution < 1.29 is 18.4 Å². The zero-order valence-corrected chi connectivity index (χ0v) is 10.7. The van der Waals surface area contributed by atoms with Gasteiger partial charge in [-0.1, -0.05) is 0 Å². The topological polar surface area (TPSA) is 72.2 Å². The van der Waals surface area contributed by atoms with Gasteiger partial charge in [0.05, 0.1) is 11.3 Å². The van der Waals surface area contributed by atoms with E-state index >= 15 is 0 Å². The number of anilines is 1. The first-order valence-electron chi connectivity index (χ1n) is 6.55. The normalized spacial score (nSPS) is 27.0. The van der Waals surface area contributed by atoms with Crippen LogP contribution in [0.1, 0.15) is 29.6 Å². The highest BCUT2D eigenvalue weighted by Gasteiger charge is 2.48. The summed E-state index contributed by atoms with van der Waals surface area (Å²) in [7, 11) is 0. The summed E-state index contributed by atoms with van der Waals surface area (Å²) in [5.74, 6) is -2.09. The zero-order valence-electron chi connectivity index (χ0n) is 10.7. The summed E-state index contributed by atoms with van der Waals surface area (Å²) < 4.78 is 26.9. The Morgan fingerprint density at radius 1 is 1.10 bits per heavy atom. The van der Waals surface area contributed by atoms with Crippen LogP contribution in [-0.4, -0.2) is 11.8 Å². The number of primary amides is 1. The van der Waals surface area contributed by atoms with Crippen LogP contribution in [0.3, 0.4) is 0 Å². The second-order valence-corrected chi connectivity index (χ2v) is 5.59.